The highest BCUT2D eigenvalue weighted by Crippen LogP contribution is 2.34. The Morgan fingerprint density at radius 3 is 2.79 bits per heavy atom. The third kappa shape index (κ3) is 2.69. The van der Waals surface area contributed by atoms with Crippen LogP contribution in [0.25, 0.3) is 5.65 Å². The molecule has 3 heterocycles. The largest absolute Gasteiger partial charge is 0.342 e. The minimum Gasteiger partial charge on any atom is -0.342 e. The quantitative estimate of drug-likeness (QED) is 0.933. The Balaban J connectivity index is 1.42. The lowest BCUT2D eigenvalue weighted by molar-refractivity contribution is -0.137. The zero-order chi connectivity index (χ0) is 16.5. The molecule has 6 nitrogen and oxygen atoms in total. The molecule has 4 rings (SSSR count). The molecule has 1 saturated carbocycles. The van der Waals surface area contributed by atoms with Crippen LogP contribution in [0.5, 0.6) is 0 Å². The van der Waals surface area contributed by atoms with E-state index in [-0.39, 0.29) is 5.92 Å². The summed E-state index contributed by atoms with van der Waals surface area (Å²) in [5.74, 6) is 2.27. The Kier molecular flexibility index (Phi) is 4.22. The third-order valence-corrected chi connectivity index (χ3v) is 5.79. The van der Waals surface area contributed by atoms with Gasteiger partial charge in [-0.15, -0.1) is 10.2 Å². The Labute approximate surface area is 142 Å². The second-order valence-corrected chi connectivity index (χ2v) is 7.12. The van der Waals surface area contributed by atoms with Gasteiger partial charge >= 0.3 is 0 Å². The van der Waals surface area contributed by atoms with Crippen LogP contribution in [-0.2, 0) is 4.79 Å². The van der Waals surface area contributed by atoms with Gasteiger partial charge in [0.25, 0.3) is 0 Å². The lowest BCUT2D eigenvalue weighted by atomic mass is 9.91. The van der Waals surface area contributed by atoms with Crippen molar-refractivity contribution in [3.63, 3.8) is 0 Å². The molecule has 2 aliphatic rings. The van der Waals surface area contributed by atoms with Gasteiger partial charge in [-0.05, 0) is 50.3 Å². The molecule has 2 aromatic rings. The Morgan fingerprint density at radius 2 is 2.00 bits per heavy atom. The first kappa shape index (κ1) is 15.6. The van der Waals surface area contributed by atoms with Gasteiger partial charge in [0.1, 0.15) is 5.82 Å². The smallest absolute Gasteiger partial charge is 0.226 e. The maximum Gasteiger partial charge on any atom is 0.226 e. The maximum absolute atomic E-state index is 12.8. The maximum atomic E-state index is 12.8. The van der Waals surface area contributed by atoms with Crippen molar-refractivity contribution in [2.24, 2.45) is 17.6 Å². The topological polar surface area (TPSA) is 76.5 Å². The predicted molar refractivity (Wildman–Crippen MR) is 91.4 cm³/mol. The minimum atomic E-state index is 0.153. The summed E-state index contributed by atoms with van der Waals surface area (Å²) >= 11 is 0. The second kappa shape index (κ2) is 6.51. The summed E-state index contributed by atoms with van der Waals surface area (Å²) in [4.78, 5) is 14.9. The number of carbonyl (C=O) groups is 1. The average molecular weight is 327 g/mol. The van der Waals surface area contributed by atoms with Gasteiger partial charge in [0.05, 0.1) is 0 Å². The van der Waals surface area contributed by atoms with Crippen LogP contribution in [0.3, 0.4) is 0 Å². The standard InChI is InChI=1S/C18H25N5O/c19-12-14-4-3-5-15(14)18(24)22-10-7-13(8-11-22)17-21-20-16-6-1-2-9-23(16)17/h1-2,6,9,13-15H,3-5,7-8,10-12,19H2/t14-,15-/m1/s1. The first-order valence-corrected chi connectivity index (χ1v) is 9.06. The fourth-order valence-electron chi connectivity index (χ4n) is 4.37. The normalized spacial score (nSPS) is 25.5. The summed E-state index contributed by atoms with van der Waals surface area (Å²) in [5.41, 5.74) is 6.73. The van der Waals surface area contributed by atoms with Crippen molar-refractivity contribution in [1.82, 2.24) is 19.5 Å². The molecule has 2 N–H and O–H groups in total. The molecule has 1 aliphatic heterocycles. The van der Waals surface area contributed by atoms with Crippen LogP contribution in [0.4, 0.5) is 0 Å². The van der Waals surface area contributed by atoms with E-state index in [4.69, 9.17) is 5.73 Å². The Hall–Kier alpha value is -1.95. The zero-order valence-electron chi connectivity index (χ0n) is 14.0. The molecular formula is C18H25N5O. The van der Waals surface area contributed by atoms with Crippen LogP contribution in [0.1, 0.15) is 43.8 Å². The average Bonchev–Trinajstić information content (AvgIpc) is 3.28. The van der Waals surface area contributed by atoms with E-state index < -0.39 is 0 Å². The highest BCUT2D eigenvalue weighted by molar-refractivity contribution is 5.79. The third-order valence-electron chi connectivity index (χ3n) is 5.79. The van der Waals surface area contributed by atoms with Gasteiger partial charge in [-0.3, -0.25) is 9.20 Å². The van der Waals surface area contributed by atoms with E-state index in [2.05, 4.69) is 19.5 Å². The fraction of sp³-hybridized carbons (Fsp3) is 0.611. The molecule has 2 fully saturated rings. The van der Waals surface area contributed by atoms with Crippen LogP contribution in [0.2, 0.25) is 0 Å². The van der Waals surface area contributed by atoms with Crippen LogP contribution < -0.4 is 5.73 Å². The highest BCUT2D eigenvalue weighted by atomic mass is 16.2. The van der Waals surface area contributed by atoms with Crippen molar-refractivity contribution in [2.75, 3.05) is 19.6 Å². The Morgan fingerprint density at radius 1 is 1.17 bits per heavy atom. The van der Waals surface area contributed by atoms with Crippen LogP contribution in [0, 0.1) is 11.8 Å². The zero-order valence-corrected chi connectivity index (χ0v) is 14.0. The van der Waals surface area contributed by atoms with E-state index in [0.29, 0.717) is 24.3 Å². The number of carbonyl (C=O) groups excluding carboxylic acids is 1. The summed E-state index contributed by atoms with van der Waals surface area (Å²) in [6, 6.07) is 5.96. The van der Waals surface area contributed by atoms with E-state index in [1.165, 1.54) is 0 Å². The number of nitrogens with zero attached hydrogens (tertiary/aromatic N) is 4. The summed E-state index contributed by atoms with van der Waals surface area (Å²) in [7, 11) is 0. The summed E-state index contributed by atoms with van der Waals surface area (Å²) in [5, 5.41) is 8.64. The molecule has 24 heavy (non-hydrogen) atoms. The Bertz CT molecular complexity index is 719. The molecule has 0 bridgehead atoms. The number of pyridine rings is 1. The molecule has 1 aliphatic carbocycles. The van der Waals surface area contributed by atoms with Crippen molar-refractivity contribution >= 4 is 11.6 Å². The van der Waals surface area contributed by atoms with Gasteiger partial charge in [0, 0.05) is 31.1 Å². The van der Waals surface area contributed by atoms with E-state index >= 15 is 0 Å². The van der Waals surface area contributed by atoms with Gasteiger partial charge in [0.2, 0.25) is 5.91 Å². The van der Waals surface area contributed by atoms with Gasteiger partial charge in [-0.2, -0.15) is 0 Å². The number of amides is 1. The fourth-order valence-corrected chi connectivity index (χ4v) is 4.37. The highest BCUT2D eigenvalue weighted by Gasteiger charge is 2.36. The lowest BCUT2D eigenvalue weighted by Gasteiger charge is -2.34. The number of hydrogen-bond acceptors (Lipinski definition) is 4. The summed E-state index contributed by atoms with van der Waals surface area (Å²) in [6.45, 7) is 2.27. The number of aromatic nitrogens is 3. The number of likely N-dealkylation sites (tertiary alicyclic amines) is 1. The van der Waals surface area contributed by atoms with Gasteiger partial charge in [-0.1, -0.05) is 12.5 Å². The molecule has 2 aromatic heterocycles. The minimum absolute atomic E-state index is 0.153. The first-order chi connectivity index (χ1) is 11.8. The number of rotatable bonds is 3. The van der Waals surface area contributed by atoms with E-state index in [0.717, 1.165) is 56.7 Å². The van der Waals surface area contributed by atoms with E-state index in [1.807, 2.05) is 24.4 Å². The van der Waals surface area contributed by atoms with E-state index in [9.17, 15) is 4.79 Å². The van der Waals surface area contributed by atoms with Crippen molar-refractivity contribution < 1.29 is 4.79 Å². The van der Waals surface area contributed by atoms with E-state index in [1.54, 1.807) is 0 Å². The SMILES string of the molecule is NC[C@H]1CCC[C@H]1C(=O)N1CCC(c2nnc3ccccn23)CC1. The summed E-state index contributed by atoms with van der Waals surface area (Å²) in [6.07, 6.45) is 7.19. The number of hydrogen-bond donors (Lipinski definition) is 1. The number of piperidine rings is 1. The van der Waals surface area contributed by atoms with Crippen LogP contribution in [0.15, 0.2) is 24.4 Å². The van der Waals surface area contributed by atoms with Crippen LogP contribution in [-0.4, -0.2) is 45.0 Å². The molecule has 0 radical (unpaired) electrons. The van der Waals surface area contributed by atoms with Crippen LogP contribution >= 0.6 is 0 Å². The second-order valence-electron chi connectivity index (χ2n) is 7.12. The van der Waals surface area contributed by atoms with Crippen molar-refractivity contribution in [3.8, 4) is 0 Å². The molecule has 0 unspecified atom stereocenters. The lowest BCUT2D eigenvalue weighted by Crippen LogP contribution is -2.43. The first-order valence-electron chi connectivity index (χ1n) is 9.06. The molecule has 0 spiro atoms. The number of nitrogens with two attached hydrogens (primary N) is 1. The van der Waals surface area contributed by atoms with Gasteiger partial charge in [0.15, 0.2) is 5.65 Å². The van der Waals surface area contributed by atoms with Crippen molar-refractivity contribution in [2.45, 2.75) is 38.0 Å². The predicted octanol–water partition coefficient (Wildman–Crippen LogP) is 1.81. The molecular weight excluding hydrogens is 302 g/mol. The van der Waals surface area contributed by atoms with Crippen molar-refractivity contribution in [1.29, 1.82) is 0 Å². The number of fused-ring (bicyclic) bond motifs is 1. The van der Waals surface area contributed by atoms with Gasteiger partial charge < -0.3 is 10.6 Å². The molecule has 6 heteroatoms. The van der Waals surface area contributed by atoms with Crippen molar-refractivity contribution in [3.05, 3.63) is 30.2 Å². The molecule has 1 amide bonds. The molecule has 128 valence electrons. The molecule has 1 saturated heterocycles. The molecule has 0 aromatic carbocycles. The monoisotopic (exact) mass is 327 g/mol. The van der Waals surface area contributed by atoms with Gasteiger partial charge in [-0.25, -0.2) is 0 Å². The molecule has 2 atom stereocenters. The summed E-state index contributed by atoms with van der Waals surface area (Å²) < 4.78 is 2.07.